The molecule has 2 aliphatic rings. The number of fused-ring (bicyclic) bond motifs is 1. The van der Waals surface area contributed by atoms with E-state index in [0.29, 0.717) is 0 Å². The second-order valence-electron chi connectivity index (χ2n) is 10.3. The van der Waals surface area contributed by atoms with Crippen molar-refractivity contribution in [1.29, 1.82) is 0 Å². The lowest BCUT2D eigenvalue weighted by Crippen LogP contribution is -2.61. The second-order valence-corrected chi connectivity index (χ2v) is 10.3. The van der Waals surface area contributed by atoms with E-state index < -0.39 is 113 Å². The summed E-state index contributed by atoms with van der Waals surface area (Å²) >= 11 is 0. The topological polar surface area (TPSA) is 269 Å². The molecule has 2 saturated heterocycles. The molecule has 0 amide bonds. The Labute approximate surface area is 241 Å². The van der Waals surface area contributed by atoms with E-state index in [2.05, 4.69) is 0 Å². The number of hydrogen-bond donors (Lipinski definition) is 10. The molecule has 0 saturated carbocycles. The molecule has 16 nitrogen and oxygen atoms in total. The zero-order valence-corrected chi connectivity index (χ0v) is 22.3. The highest BCUT2D eigenvalue weighted by Gasteiger charge is 2.47. The molecule has 16 heteroatoms. The predicted octanol–water partition coefficient (Wildman–Crippen LogP) is -1.69. The van der Waals surface area contributed by atoms with Gasteiger partial charge >= 0.3 is 0 Å². The molecule has 0 aliphatic carbocycles. The van der Waals surface area contributed by atoms with Crippen LogP contribution in [0.5, 0.6) is 28.7 Å². The third-order valence-electron chi connectivity index (χ3n) is 7.29. The van der Waals surface area contributed by atoms with Crippen LogP contribution in [0.2, 0.25) is 0 Å². The Balaban J connectivity index is 1.48. The fraction of sp³-hybridized carbons (Fsp3) is 0.444. The molecule has 3 aromatic rings. The summed E-state index contributed by atoms with van der Waals surface area (Å²) in [6.07, 6.45) is -16.2. The summed E-state index contributed by atoms with van der Waals surface area (Å²) in [7, 11) is 0. The molecule has 10 atom stereocenters. The largest absolute Gasteiger partial charge is 0.508 e. The van der Waals surface area contributed by atoms with Crippen LogP contribution in [0.3, 0.4) is 0 Å². The van der Waals surface area contributed by atoms with Crippen molar-refractivity contribution in [2.75, 3.05) is 6.61 Å². The molecular formula is C27H30O16. The number of rotatable bonds is 6. The van der Waals surface area contributed by atoms with Gasteiger partial charge < -0.3 is 74.4 Å². The molecule has 5 rings (SSSR count). The average molecular weight is 611 g/mol. The molecule has 2 aromatic carbocycles. The minimum Gasteiger partial charge on any atom is -0.508 e. The number of phenols is 4. The van der Waals surface area contributed by atoms with E-state index in [1.54, 1.807) is 0 Å². The van der Waals surface area contributed by atoms with Crippen LogP contribution in [-0.4, -0.2) is 119 Å². The fourth-order valence-corrected chi connectivity index (χ4v) is 4.84. The summed E-state index contributed by atoms with van der Waals surface area (Å²) in [6.45, 7) is 0.818. The third kappa shape index (κ3) is 5.67. The third-order valence-corrected chi connectivity index (χ3v) is 7.29. The summed E-state index contributed by atoms with van der Waals surface area (Å²) in [5.74, 6) is -3.33. The Hall–Kier alpha value is -3.71. The van der Waals surface area contributed by atoms with Crippen molar-refractivity contribution in [3.63, 3.8) is 0 Å². The van der Waals surface area contributed by atoms with Crippen molar-refractivity contribution < 1.29 is 74.4 Å². The maximum Gasteiger partial charge on any atom is 0.239 e. The fourth-order valence-electron chi connectivity index (χ4n) is 4.84. The molecule has 0 spiro atoms. The highest BCUT2D eigenvalue weighted by atomic mass is 16.7. The predicted molar refractivity (Wildman–Crippen MR) is 140 cm³/mol. The van der Waals surface area contributed by atoms with Gasteiger partial charge in [-0.3, -0.25) is 4.79 Å². The highest BCUT2D eigenvalue weighted by Crippen LogP contribution is 2.39. The molecule has 2 aliphatic heterocycles. The molecule has 0 bridgehead atoms. The van der Waals surface area contributed by atoms with Gasteiger partial charge in [0.15, 0.2) is 23.5 Å². The lowest BCUT2D eigenvalue weighted by Gasteiger charge is -2.42. The number of aromatic hydroxyl groups is 4. The normalized spacial score (nSPS) is 33.0. The summed E-state index contributed by atoms with van der Waals surface area (Å²) < 4.78 is 27.8. The molecular weight excluding hydrogens is 580 g/mol. The van der Waals surface area contributed by atoms with E-state index in [1.165, 1.54) is 13.0 Å². The number of benzene rings is 2. The molecule has 0 radical (unpaired) electrons. The molecule has 2 fully saturated rings. The smallest absolute Gasteiger partial charge is 0.239 e. The Kier molecular flexibility index (Phi) is 8.41. The SMILES string of the molecule is CC1O[C@@H](OCC2O[C@H](Oc3c(-c4ccc(O)c(O)c4)oc4cc(O)cc(O)c4c3=O)C(O)[C@H](O)[C@H]2O)C(O)[C@H](O)[C@H]1O. The van der Waals surface area contributed by atoms with Crippen LogP contribution in [0, 0.1) is 0 Å². The first-order valence-electron chi connectivity index (χ1n) is 13.0. The van der Waals surface area contributed by atoms with Crippen molar-refractivity contribution in [1.82, 2.24) is 0 Å². The van der Waals surface area contributed by atoms with E-state index in [4.69, 9.17) is 23.4 Å². The van der Waals surface area contributed by atoms with Crippen molar-refractivity contribution >= 4 is 11.0 Å². The van der Waals surface area contributed by atoms with E-state index in [0.717, 1.165) is 24.3 Å². The van der Waals surface area contributed by atoms with Crippen LogP contribution >= 0.6 is 0 Å². The van der Waals surface area contributed by atoms with E-state index in [1.807, 2.05) is 0 Å². The minimum absolute atomic E-state index is 0.0313. The lowest BCUT2D eigenvalue weighted by atomic mass is 9.98. The van der Waals surface area contributed by atoms with Gasteiger partial charge in [-0.1, -0.05) is 0 Å². The monoisotopic (exact) mass is 610 g/mol. The van der Waals surface area contributed by atoms with E-state index in [-0.39, 0.29) is 11.1 Å². The molecule has 1 aromatic heterocycles. The number of phenolic OH excluding ortho intramolecular Hbond substituents is 4. The van der Waals surface area contributed by atoms with Crippen LogP contribution in [-0.2, 0) is 14.2 Å². The minimum atomic E-state index is -1.97. The van der Waals surface area contributed by atoms with Crippen LogP contribution < -0.4 is 10.2 Å². The summed E-state index contributed by atoms with van der Waals surface area (Å²) in [5.41, 5.74) is -1.35. The van der Waals surface area contributed by atoms with Crippen LogP contribution in [0.15, 0.2) is 39.5 Å². The van der Waals surface area contributed by atoms with Gasteiger partial charge in [-0.05, 0) is 25.1 Å². The Morgan fingerprint density at radius 1 is 0.744 bits per heavy atom. The highest BCUT2D eigenvalue weighted by molar-refractivity contribution is 5.88. The molecule has 43 heavy (non-hydrogen) atoms. The molecule has 3 heterocycles. The van der Waals surface area contributed by atoms with Gasteiger partial charge in [0, 0.05) is 17.7 Å². The summed E-state index contributed by atoms with van der Waals surface area (Å²) in [6, 6.07) is 5.24. The summed E-state index contributed by atoms with van der Waals surface area (Å²) in [4.78, 5) is 13.6. The average Bonchev–Trinajstić information content (AvgIpc) is 2.96. The number of hydrogen-bond acceptors (Lipinski definition) is 16. The quantitative estimate of drug-likeness (QED) is 0.140. The van der Waals surface area contributed by atoms with Crippen molar-refractivity contribution in [3.05, 3.63) is 40.6 Å². The summed E-state index contributed by atoms with van der Waals surface area (Å²) in [5, 5.41) is 101. The first-order valence-corrected chi connectivity index (χ1v) is 13.0. The van der Waals surface area contributed by atoms with Crippen LogP contribution in [0.4, 0.5) is 0 Å². The van der Waals surface area contributed by atoms with Crippen LogP contribution in [0.25, 0.3) is 22.3 Å². The molecule has 4 unspecified atom stereocenters. The Morgan fingerprint density at radius 3 is 2.12 bits per heavy atom. The zero-order valence-electron chi connectivity index (χ0n) is 22.3. The van der Waals surface area contributed by atoms with Gasteiger partial charge in [0.2, 0.25) is 17.5 Å². The number of aliphatic hydroxyl groups excluding tert-OH is 6. The van der Waals surface area contributed by atoms with Gasteiger partial charge in [0.05, 0.1) is 12.7 Å². The second kappa shape index (κ2) is 11.8. The first kappa shape index (κ1) is 30.7. The zero-order chi connectivity index (χ0) is 31.3. The lowest BCUT2D eigenvalue weighted by molar-refractivity contribution is -0.318. The van der Waals surface area contributed by atoms with Gasteiger partial charge in [0.25, 0.3) is 0 Å². The van der Waals surface area contributed by atoms with Gasteiger partial charge in [0.1, 0.15) is 65.2 Å². The maximum absolute atomic E-state index is 13.6. The first-order chi connectivity index (χ1) is 20.3. The van der Waals surface area contributed by atoms with Gasteiger partial charge in [-0.15, -0.1) is 0 Å². The Bertz CT molecular complexity index is 1540. The van der Waals surface area contributed by atoms with E-state index in [9.17, 15) is 55.9 Å². The van der Waals surface area contributed by atoms with Gasteiger partial charge in [-0.25, -0.2) is 0 Å². The van der Waals surface area contributed by atoms with Gasteiger partial charge in [-0.2, -0.15) is 0 Å². The Morgan fingerprint density at radius 2 is 1.42 bits per heavy atom. The van der Waals surface area contributed by atoms with Crippen molar-refractivity contribution in [3.8, 4) is 40.1 Å². The molecule has 234 valence electrons. The van der Waals surface area contributed by atoms with Crippen LogP contribution in [0.1, 0.15) is 6.92 Å². The van der Waals surface area contributed by atoms with Crippen molar-refractivity contribution in [2.45, 2.75) is 68.3 Å². The van der Waals surface area contributed by atoms with E-state index >= 15 is 0 Å². The number of aliphatic hydroxyl groups is 6. The maximum atomic E-state index is 13.6. The molecule has 10 N–H and O–H groups in total. The van der Waals surface area contributed by atoms with Crippen molar-refractivity contribution in [2.24, 2.45) is 0 Å². The number of ether oxygens (including phenoxy) is 4. The standard InChI is InChI=1S/C27H30O16/c1-8-17(32)20(35)22(37)26(40-8)39-7-15-18(33)21(36)23(38)27(42-15)43-25-19(34)16-13(31)5-10(28)6-14(16)41-24(25)9-2-3-11(29)12(30)4-9/h2-6,8,15,17-18,20-23,26-33,35-38H,7H2,1H3/t8?,15?,17-,18-,20+,21+,22?,23?,26+,27+/m0/s1.